The molecule has 1 aliphatic heterocycles. The fourth-order valence-corrected chi connectivity index (χ4v) is 1.42. The quantitative estimate of drug-likeness (QED) is 0.342. The molecule has 0 unspecified atom stereocenters. The third-order valence-corrected chi connectivity index (χ3v) is 2.17. The number of rotatable bonds is 2. The Balaban J connectivity index is 2.45. The summed E-state index contributed by atoms with van der Waals surface area (Å²) >= 11 is 0. The lowest BCUT2D eigenvalue weighted by atomic mass is 10.2. The van der Waals surface area contributed by atoms with Crippen molar-refractivity contribution in [1.29, 1.82) is 0 Å². The van der Waals surface area contributed by atoms with Crippen LogP contribution in [0.25, 0.3) is 0 Å². The number of carbonyl (C=O) groups is 2. The first-order chi connectivity index (χ1) is 6.24. The molecular weight excluding hydrogens is 170 g/mol. The molecule has 1 heterocycles. The predicted octanol–water partition coefficient (Wildman–Crippen LogP) is -0.621. The molecule has 74 valence electrons. The van der Waals surface area contributed by atoms with E-state index in [1.54, 1.807) is 4.90 Å². The fourth-order valence-electron chi connectivity index (χ4n) is 1.42. The minimum atomic E-state index is -0.310. The van der Waals surface area contributed by atoms with Gasteiger partial charge in [0.25, 0.3) is 5.91 Å². The molecule has 0 spiro atoms. The second-order valence-corrected chi connectivity index (χ2v) is 3.19. The van der Waals surface area contributed by atoms with Gasteiger partial charge in [0.15, 0.2) is 0 Å². The summed E-state index contributed by atoms with van der Waals surface area (Å²) in [6.07, 6.45) is 3.52. The fraction of sp³-hybridized carbons (Fsp3) is 0.750. The molecule has 3 N–H and O–H groups in total. The van der Waals surface area contributed by atoms with E-state index in [2.05, 4.69) is 0 Å². The topological polar surface area (TPSA) is 75.4 Å². The lowest BCUT2D eigenvalue weighted by Gasteiger charge is -2.18. The van der Waals surface area contributed by atoms with Gasteiger partial charge in [-0.1, -0.05) is 6.42 Å². The van der Waals surface area contributed by atoms with E-state index in [1.807, 2.05) is 5.43 Å². The van der Waals surface area contributed by atoms with Crippen LogP contribution in [0.1, 0.15) is 25.7 Å². The summed E-state index contributed by atoms with van der Waals surface area (Å²) in [6, 6.07) is 0. The Labute approximate surface area is 77.2 Å². The molecule has 13 heavy (non-hydrogen) atoms. The van der Waals surface area contributed by atoms with Gasteiger partial charge >= 0.3 is 0 Å². The maximum absolute atomic E-state index is 11.4. The highest BCUT2D eigenvalue weighted by Gasteiger charge is 2.18. The van der Waals surface area contributed by atoms with Crippen molar-refractivity contribution in [3.8, 4) is 0 Å². The van der Waals surface area contributed by atoms with Gasteiger partial charge in [0.2, 0.25) is 5.91 Å². The average molecular weight is 185 g/mol. The molecule has 1 aliphatic rings. The summed E-state index contributed by atoms with van der Waals surface area (Å²) in [5.41, 5.74) is 2.02. The SMILES string of the molecule is NNC(=O)CN1CCCCCC1=O. The summed E-state index contributed by atoms with van der Waals surface area (Å²) in [6.45, 7) is 0.765. The van der Waals surface area contributed by atoms with Gasteiger partial charge in [0.1, 0.15) is 6.54 Å². The van der Waals surface area contributed by atoms with Crippen molar-refractivity contribution in [2.75, 3.05) is 13.1 Å². The van der Waals surface area contributed by atoms with E-state index in [0.717, 1.165) is 19.3 Å². The number of likely N-dealkylation sites (tertiary alicyclic amines) is 1. The van der Waals surface area contributed by atoms with E-state index < -0.39 is 0 Å². The van der Waals surface area contributed by atoms with Gasteiger partial charge in [0.05, 0.1) is 0 Å². The maximum atomic E-state index is 11.4. The molecule has 1 saturated heterocycles. The Bertz CT molecular complexity index is 206. The van der Waals surface area contributed by atoms with Crippen LogP contribution in [0.5, 0.6) is 0 Å². The molecule has 0 aromatic rings. The third-order valence-electron chi connectivity index (χ3n) is 2.17. The Morgan fingerprint density at radius 1 is 1.46 bits per heavy atom. The molecule has 5 heteroatoms. The smallest absolute Gasteiger partial charge is 0.253 e. The van der Waals surface area contributed by atoms with Crippen LogP contribution in [0.15, 0.2) is 0 Å². The summed E-state index contributed by atoms with van der Waals surface area (Å²) < 4.78 is 0. The molecule has 1 rings (SSSR count). The van der Waals surface area contributed by atoms with Crippen LogP contribution < -0.4 is 11.3 Å². The second kappa shape index (κ2) is 4.81. The molecule has 0 radical (unpaired) electrons. The van der Waals surface area contributed by atoms with Crippen LogP contribution in [0.4, 0.5) is 0 Å². The van der Waals surface area contributed by atoms with Gasteiger partial charge in [-0.2, -0.15) is 0 Å². The van der Waals surface area contributed by atoms with Gasteiger partial charge in [0, 0.05) is 13.0 Å². The highest BCUT2D eigenvalue weighted by molar-refractivity contribution is 5.84. The molecule has 1 fully saturated rings. The van der Waals surface area contributed by atoms with E-state index in [-0.39, 0.29) is 18.4 Å². The largest absolute Gasteiger partial charge is 0.333 e. The van der Waals surface area contributed by atoms with Gasteiger partial charge < -0.3 is 4.90 Å². The number of nitrogens with one attached hydrogen (secondary N) is 1. The molecule has 5 nitrogen and oxygen atoms in total. The first-order valence-electron chi connectivity index (χ1n) is 4.51. The van der Waals surface area contributed by atoms with Crippen LogP contribution in [0.2, 0.25) is 0 Å². The summed E-state index contributed by atoms with van der Waals surface area (Å²) in [5.74, 6) is 4.68. The Morgan fingerprint density at radius 2 is 2.23 bits per heavy atom. The van der Waals surface area contributed by atoms with Crippen LogP contribution >= 0.6 is 0 Å². The first kappa shape index (κ1) is 9.98. The summed E-state index contributed by atoms with van der Waals surface area (Å²) in [4.78, 5) is 23.8. The number of nitrogens with two attached hydrogens (primary N) is 1. The number of amides is 2. The highest BCUT2D eigenvalue weighted by atomic mass is 16.2. The first-order valence-corrected chi connectivity index (χ1v) is 4.51. The minimum Gasteiger partial charge on any atom is -0.333 e. The standard InChI is InChI=1S/C8H15N3O2/c9-10-7(12)6-11-5-3-1-2-4-8(11)13/h1-6,9H2,(H,10,12). The van der Waals surface area contributed by atoms with E-state index in [9.17, 15) is 9.59 Å². The van der Waals surface area contributed by atoms with Gasteiger partial charge in [-0.3, -0.25) is 15.0 Å². The molecule has 0 saturated carbocycles. The molecule has 2 amide bonds. The lowest BCUT2D eigenvalue weighted by Crippen LogP contribution is -2.42. The van der Waals surface area contributed by atoms with Crippen molar-refractivity contribution in [2.45, 2.75) is 25.7 Å². The Kier molecular flexibility index (Phi) is 3.70. The van der Waals surface area contributed by atoms with Crippen LogP contribution in [-0.2, 0) is 9.59 Å². The number of nitrogens with zero attached hydrogens (tertiary/aromatic N) is 1. The van der Waals surface area contributed by atoms with Crippen LogP contribution in [-0.4, -0.2) is 29.8 Å². The molecule has 0 atom stereocenters. The summed E-state index contributed by atoms with van der Waals surface area (Å²) in [5, 5.41) is 0. The van der Waals surface area contributed by atoms with Gasteiger partial charge in [-0.25, -0.2) is 5.84 Å². The van der Waals surface area contributed by atoms with E-state index in [0.29, 0.717) is 13.0 Å². The van der Waals surface area contributed by atoms with Crippen molar-refractivity contribution in [3.63, 3.8) is 0 Å². The number of hydrogen-bond donors (Lipinski definition) is 2. The lowest BCUT2D eigenvalue weighted by molar-refractivity contribution is -0.135. The Hall–Kier alpha value is -1.10. The number of carbonyl (C=O) groups excluding carboxylic acids is 2. The normalized spacial score (nSPS) is 18.2. The number of hydrazine groups is 1. The van der Waals surface area contributed by atoms with E-state index >= 15 is 0 Å². The maximum Gasteiger partial charge on any atom is 0.253 e. The molecule has 0 aliphatic carbocycles. The zero-order valence-electron chi connectivity index (χ0n) is 7.58. The zero-order chi connectivity index (χ0) is 9.68. The molecule has 0 bridgehead atoms. The third kappa shape index (κ3) is 3.02. The van der Waals surface area contributed by atoms with Crippen molar-refractivity contribution in [2.24, 2.45) is 5.84 Å². The molecule has 0 aromatic carbocycles. The van der Waals surface area contributed by atoms with Crippen molar-refractivity contribution < 1.29 is 9.59 Å². The van der Waals surface area contributed by atoms with Crippen molar-refractivity contribution >= 4 is 11.8 Å². The molecule has 0 aromatic heterocycles. The number of hydrogen-bond acceptors (Lipinski definition) is 3. The highest BCUT2D eigenvalue weighted by Crippen LogP contribution is 2.10. The van der Waals surface area contributed by atoms with Crippen molar-refractivity contribution in [3.05, 3.63) is 0 Å². The molecular formula is C8H15N3O2. The zero-order valence-corrected chi connectivity index (χ0v) is 7.58. The second-order valence-electron chi connectivity index (χ2n) is 3.19. The van der Waals surface area contributed by atoms with Gasteiger partial charge in [-0.15, -0.1) is 0 Å². The Morgan fingerprint density at radius 3 is 2.92 bits per heavy atom. The van der Waals surface area contributed by atoms with Crippen molar-refractivity contribution in [1.82, 2.24) is 10.3 Å². The van der Waals surface area contributed by atoms with Crippen LogP contribution in [0.3, 0.4) is 0 Å². The van der Waals surface area contributed by atoms with E-state index in [4.69, 9.17) is 5.84 Å². The minimum absolute atomic E-state index is 0.0566. The van der Waals surface area contributed by atoms with E-state index in [1.165, 1.54) is 0 Å². The summed E-state index contributed by atoms with van der Waals surface area (Å²) in [7, 11) is 0. The predicted molar refractivity (Wildman–Crippen MR) is 47.4 cm³/mol. The monoisotopic (exact) mass is 185 g/mol. The van der Waals surface area contributed by atoms with Gasteiger partial charge in [-0.05, 0) is 12.8 Å². The van der Waals surface area contributed by atoms with Crippen LogP contribution in [0, 0.1) is 0 Å². The average Bonchev–Trinajstić information content (AvgIpc) is 2.32.